The molecule has 1 N–H and O–H groups in total. The number of para-hydroxylation sites is 1. The Morgan fingerprint density at radius 2 is 1.56 bits per heavy atom. The first-order valence-corrected chi connectivity index (χ1v) is 9.41. The highest BCUT2D eigenvalue weighted by Crippen LogP contribution is 2.18. The van der Waals surface area contributed by atoms with E-state index in [0.29, 0.717) is 6.61 Å². The third kappa shape index (κ3) is 6.02. The topological polar surface area (TPSA) is 30.5 Å². The Balaban J connectivity index is 1.41. The first-order chi connectivity index (χ1) is 13.2. The first-order valence-electron chi connectivity index (χ1n) is 9.03. The standard InChI is InChI=1S/C23H24ClNO2/c1-26-23-5-3-2-4-20(23)14-15-25-16-18-8-12-22(13-9-18)27-17-19-6-10-21(24)11-7-19/h2-13,25H,14-17H2,1H3. The SMILES string of the molecule is COc1ccccc1CCNCc1ccc(OCc2ccc(Cl)cc2)cc1. The largest absolute Gasteiger partial charge is 0.496 e. The Morgan fingerprint density at radius 1 is 0.852 bits per heavy atom. The maximum atomic E-state index is 5.90. The first kappa shape index (κ1) is 19.3. The van der Waals surface area contributed by atoms with E-state index in [1.54, 1.807) is 7.11 Å². The minimum absolute atomic E-state index is 0.535. The lowest BCUT2D eigenvalue weighted by molar-refractivity contribution is 0.306. The molecule has 0 saturated heterocycles. The van der Waals surface area contributed by atoms with Crippen molar-refractivity contribution < 1.29 is 9.47 Å². The predicted molar refractivity (Wildman–Crippen MR) is 111 cm³/mol. The molecule has 0 aliphatic heterocycles. The van der Waals surface area contributed by atoms with Gasteiger partial charge in [0.1, 0.15) is 18.1 Å². The predicted octanol–water partition coefficient (Wildman–Crippen LogP) is 5.26. The molecule has 0 radical (unpaired) electrons. The van der Waals surface area contributed by atoms with Crippen molar-refractivity contribution in [2.75, 3.05) is 13.7 Å². The average molecular weight is 382 g/mol. The van der Waals surface area contributed by atoms with E-state index in [-0.39, 0.29) is 0 Å². The van der Waals surface area contributed by atoms with Gasteiger partial charge >= 0.3 is 0 Å². The summed E-state index contributed by atoms with van der Waals surface area (Å²) in [6, 6.07) is 24.0. The quantitative estimate of drug-likeness (QED) is 0.513. The lowest BCUT2D eigenvalue weighted by atomic mass is 10.1. The summed E-state index contributed by atoms with van der Waals surface area (Å²) in [5, 5.41) is 4.21. The molecule has 0 aliphatic carbocycles. The van der Waals surface area contributed by atoms with Gasteiger partial charge in [0.2, 0.25) is 0 Å². The second kappa shape index (κ2) is 10.0. The van der Waals surface area contributed by atoms with Gasteiger partial charge in [-0.05, 0) is 60.0 Å². The molecule has 3 rings (SSSR count). The van der Waals surface area contributed by atoms with E-state index in [1.165, 1.54) is 11.1 Å². The van der Waals surface area contributed by atoms with Crippen LogP contribution in [0.5, 0.6) is 11.5 Å². The molecule has 4 heteroatoms. The minimum atomic E-state index is 0.535. The van der Waals surface area contributed by atoms with Gasteiger partial charge in [-0.2, -0.15) is 0 Å². The zero-order chi connectivity index (χ0) is 18.9. The van der Waals surface area contributed by atoms with Gasteiger partial charge in [-0.1, -0.05) is 54.1 Å². The summed E-state index contributed by atoms with van der Waals surface area (Å²) in [4.78, 5) is 0. The van der Waals surface area contributed by atoms with Gasteiger partial charge < -0.3 is 14.8 Å². The summed E-state index contributed by atoms with van der Waals surface area (Å²) >= 11 is 5.90. The zero-order valence-corrected chi connectivity index (χ0v) is 16.2. The molecule has 0 bridgehead atoms. The van der Waals surface area contributed by atoms with Crippen LogP contribution in [0.3, 0.4) is 0 Å². The highest BCUT2D eigenvalue weighted by Gasteiger charge is 2.02. The van der Waals surface area contributed by atoms with E-state index >= 15 is 0 Å². The molecule has 0 saturated carbocycles. The van der Waals surface area contributed by atoms with Crippen LogP contribution in [-0.2, 0) is 19.6 Å². The average Bonchev–Trinajstić information content (AvgIpc) is 2.72. The van der Waals surface area contributed by atoms with E-state index in [9.17, 15) is 0 Å². The van der Waals surface area contributed by atoms with Crippen molar-refractivity contribution in [2.24, 2.45) is 0 Å². The molecule has 140 valence electrons. The van der Waals surface area contributed by atoms with Crippen LogP contribution in [0.1, 0.15) is 16.7 Å². The van der Waals surface area contributed by atoms with E-state index in [4.69, 9.17) is 21.1 Å². The van der Waals surface area contributed by atoms with Gasteiger partial charge in [0.15, 0.2) is 0 Å². The fourth-order valence-corrected chi connectivity index (χ4v) is 2.94. The second-order valence-electron chi connectivity index (χ2n) is 6.30. The molecule has 0 aromatic heterocycles. The normalized spacial score (nSPS) is 10.6. The van der Waals surface area contributed by atoms with E-state index < -0.39 is 0 Å². The maximum absolute atomic E-state index is 5.90. The summed E-state index contributed by atoms with van der Waals surface area (Å²) in [6.45, 7) is 2.26. The van der Waals surface area contributed by atoms with Crippen molar-refractivity contribution in [1.82, 2.24) is 5.32 Å². The molecule has 3 aromatic carbocycles. The van der Waals surface area contributed by atoms with E-state index in [1.807, 2.05) is 54.6 Å². The van der Waals surface area contributed by atoms with Crippen LogP contribution < -0.4 is 14.8 Å². The van der Waals surface area contributed by atoms with Crippen LogP contribution in [0, 0.1) is 0 Å². The van der Waals surface area contributed by atoms with Crippen molar-refractivity contribution in [3.05, 3.63) is 94.5 Å². The van der Waals surface area contributed by atoms with Crippen molar-refractivity contribution in [3.63, 3.8) is 0 Å². The van der Waals surface area contributed by atoms with Crippen LogP contribution >= 0.6 is 11.6 Å². The number of ether oxygens (including phenoxy) is 2. The fourth-order valence-electron chi connectivity index (χ4n) is 2.82. The number of benzene rings is 3. The molecule has 3 aromatic rings. The smallest absolute Gasteiger partial charge is 0.122 e. The Labute approximate surface area is 165 Å². The van der Waals surface area contributed by atoms with Gasteiger partial charge in [-0.25, -0.2) is 0 Å². The molecule has 3 nitrogen and oxygen atoms in total. The number of methoxy groups -OCH3 is 1. The summed E-state index contributed by atoms with van der Waals surface area (Å²) in [5.74, 6) is 1.81. The third-order valence-electron chi connectivity index (χ3n) is 4.33. The van der Waals surface area contributed by atoms with Crippen molar-refractivity contribution in [2.45, 2.75) is 19.6 Å². The molecule has 27 heavy (non-hydrogen) atoms. The van der Waals surface area contributed by atoms with Gasteiger partial charge in [0, 0.05) is 11.6 Å². The number of nitrogens with one attached hydrogen (secondary N) is 1. The van der Waals surface area contributed by atoms with Crippen molar-refractivity contribution >= 4 is 11.6 Å². The van der Waals surface area contributed by atoms with Crippen LogP contribution in [-0.4, -0.2) is 13.7 Å². The Morgan fingerprint density at radius 3 is 2.30 bits per heavy atom. The molecule has 0 aliphatic rings. The minimum Gasteiger partial charge on any atom is -0.496 e. The molecular weight excluding hydrogens is 358 g/mol. The van der Waals surface area contributed by atoms with Gasteiger partial charge in [-0.15, -0.1) is 0 Å². The summed E-state index contributed by atoms with van der Waals surface area (Å²) in [5.41, 5.74) is 3.55. The molecule has 0 fully saturated rings. The monoisotopic (exact) mass is 381 g/mol. The molecule has 0 unspecified atom stereocenters. The molecule has 0 amide bonds. The highest BCUT2D eigenvalue weighted by molar-refractivity contribution is 6.30. The van der Waals surface area contributed by atoms with Crippen LogP contribution in [0.15, 0.2) is 72.8 Å². The number of rotatable bonds is 9. The van der Waals surface area contributed by atoms with Gasteiger partial charge in [0.25, 0.3) is 0 Å². The number of hydrogen-bond acceptors (Lipinski definition) is 3. The summed E-state index contributed by atoms with van der Waals surface area (Å²) in [7, 11) is 1.71. The molecule has 0 atom stereocenters. The van der Waals surface area contributed by atoms with Gasteiger partial charge in [-0.3, -0.25) is 0 Å². The zero-order valence-electron chi connectivity index (χ0n) is 15.5. The van der Waals surface area contributed by atoms with Gasteiger partial charge in [0.05, 0.1) is 7.11 Å². The Hall–Kier alpha value is -2.49. The molecular formula is C23H24ClNO2. The summed E-state index contributed by atoms with van der Waals surface area (Å²) < 4.78 is 11.2. The third-order valence-corrected chi connectivity index (χ3v) is 4.59. The van der Waals surface area contributed by atoms with Crippen LogP contribution in [0.2, 0.25) is 5.02 Å². The molecule has 0 heterocycles. The fraction of sp³-hybridized carbons (Fsp3) is 0.217. The maximum Gasteiger partial charge on any atom is 0.122 e. The molecule has 0 spiro atoms. The lowest BCUT2D eigenvalue weighted by Crippen LogP contribution is -2.16. The van der Waals surface area contributed by atoms with Crippen molar-refractivity contribution in [3.8, 4) is 11.5 Å². The van der Waals surface area contributed by atoms with Crippen LogP contribution in [0.4, 0.5) is 0 Å². The lowest BCUT2D eigenvalue weighted by Gasteiger charge is -2.10. The van der Waals surface area contributed by atoms with Crippen LogP contribution in [0.25, 0.3) is 0 Å². The van der Waals surface area contributed by atoms with E-state index in [0.717, 1.165) is 41.6 Å². The highest BCUT2D eigenvalue weighted by atomic mass is 35.5. The number of hydrogen-bond donors (Lipinski definition) is 1. The Kier molecular flexibility index (Phi) is 7.14. The second-order valence-corrected chi connectivity index (χ2v) is 6.73. The number of halogens is 1. The Bertz CT molecular complexity index is 832. The van der Waals surface area contributed by atoms with E-state index in [2.05, 4.69) is 23.5 Å². The summed E-state index contributed by atoms with van der Waals surface area (Å²) in [6.07, 6.45) is 0.937. The van der Waals surface area contributed by atoms with Crippen molar-refractivity contribution in [1.29, 1.82) is 0 Å².